The molecule has 0 aromatic rings. The molecular weight excluding hydrogens is 192 g/mol. The molecule has 0 aromatic carbocycles. The van der Waals surface area contributed by atoms with E-state index in [1.807, 2.05) is 0 Å². The average molecular weight is 209 g/mol. The highest BCUT2D eigenvalue weighted by atomic mass is 19.3. The first-order chi connectivity index (χ1) is 6.52. The van der Waals surface area contributed by atoms with Gasteiger partial charge in [0.25, 0.3) is 6.43 Å². The standard InChI is InChI=1S/C9H17F2NO2/c1-12(6-8(10)11)7-9(13)2-4-14-5-3-9/h8,13H,2-7H2,1H3. The van der Waals surface area contributed by atoms with E-state index in [4.69, 9.17) is 4.74 Å². The smallest absolute Gasteiger partial charge is 0.251 e. The average Bonchev–Trinajstić information content (AvgIpc) is 2.02. The molecule has 0 spiro atoms. The van der Waals surface area contributed by atoms with E-state index >= 15 is 0 Å². The minimum Gasteiger partial charge on any atom is -0.388 e. The first kappa shape index (κ1) is 11.8. The molecule has 1 heterocycles. The molecule has 5 heteroatoms. The van der Waals surface area contributed by atoms with Crippen LogP contribution in [0.25, 0.3) is 0 Å². The van der Waals surface area contributed by atoms with Crippen molar-refractivity contribution in [3.8, 4) is 0 Å². The van der Waals surface area contributed by atoms with Gasteiger partial charge in [-0.3, -0.25) is 4.90 Å². The maximum Gasteiger partial charge on any atom is 0.251 e. The molecule has 1 saturated heterocycles. The number of likely N-dealkylation sites (N-methyl/N-ethyl adjacent to an activating group) is 1. The highest BCUT2D eigenvalue weighted by Gasteiger charge is 2.31. The number of ether oxygens (including phenoxy) is 1. The third-order valence-electron chi connectivity index (χ3n) is 2.44. The van der Waals surface area contributed by atoms with E-state index in [1.54, 1.807) is 7.05 Å². The van der Waals surface area contributed by atoms with Gasteiger partial charge in [0.1, 0.15) is 0 Å². The fourth-order valence-electron chi connectivity index (χ4n) is 1.71. The molecule has 84 valence electrons. The molecule has 0 saturated carbocycles. The van der Waals surface area contributed by atoms with Crippen LogP contribution in [0.2, 0.25) is 0 Å². The molecule has 0 bridgehead atoms. The second kappa shape index (κ2) is 5.00. The Kier molecular flexibility index (Phi) is 4.22. The van der Waals surface area contributed by atoms with Crippen molar-refractivity contribution in [1.29, 1.82) is 0 Å². The quantitative estimate of drug-likeness (QED) is 0.740. The zero-order chi connectivity index (χ0) is 10.6. The van der Waals surface area contributed by atoms with Crippen LogP contribution in [0.15, 0.2) is 0 Å². The summed E-state index contributed by atoms with van der Waals surface area (Å²) >= 11 is 0. The lowest BCUT2D eigenvalue weighted by Crippen LogP contribution is -2.46. The number of aliphatic hydroxyl groups is 1. The second-order valence-electron chi connectivity index (χ2n) is 3.92. The summed E-state index contributed by atoms with van der Waals surface area (Å²) in [4.78, 5) is 1.47. The summed E-state index contributed by atoms with van der Waals surface area (Å²) in [6.07, 6.45) is -1.29. The number of rotatable bonds is 4. The van der Waals surface area contributed by atoms with Crippen molar-refractivity contribution in [2.24, 2.45) is 0 Å². The van der Waals surface area contributed by atoms with E-state index in [1.165, 1.54) is 4.90 Å². The normalized spacial score (nSPS) is 21.9. The first-order valence-corrected chi connectivity index (χ1v) is 4.79. The fourth-order valence-corrected chi connectivity index (χ4v) is 1.71. The van der Waals surface area contributed by atoms with Gasteiger partial charge in [0.05, 0.1) is 12.1 Å². The molecule has 1 aliphatic rings. The molecule has 1 fully saturated rings. The predicted molar refractivity (Wildman–Crippen MR) is 48.5 cm³/mol. The largest absolute Gasteiger partial charge is 0.388 e. The Morgan fingerprint density at radius 3 is 2.50 bits per heavy atom. The molecular formula is C9H17F2NO2. The molecule has 14 heavy (non-hydrogen) atoms. The monoisotopic (exact) mass is 209 g/mol. The number of alkyl halides is 2. The Balaban J connectivity index is 2.33. The Labute approximate surface area is 82.7 Å². The van der Waals surface area contributed by atoms with Crippen molar-refractivity contribution in [3.05, 3.63) is 0 Å². The van der Waals surface area contributed by atoms with Gasteiger partial charge >= 0.3 is 0 Å². The number of halogens is 2. The minimum absolute atomic E-state index is 0.289. The third-order valence-corrected chi connectivity index (χ3v) is 2.44. The van der Waals surface area contributed by atoms with Crippen LogP contribution in [-0.4, -0.2) is 55.4 Å². The summed E-state index contributed by atoms with van der Waals surface area (Å²) in [6, 6.07) is 0. The van der Waals surface area contributed by atoms with Gasteiger partial charge in [0.2, 0.25) is 0 Å². The lowest BCUT2D eigenvalue weighted by molar-refractivity contribution is -0.0808. The van der Waals surface area contributed by atoms with Crippen LogP contribution in [-0.2, 0) is 4.74 Å². The molecule has 0 atom stereocenters. The highest BCUT2D eigenvalue weighted by molar-refractivity contribution is 4.84. The van der Waals surface area contributed by atoms with E-state index in [9.17, 15) is 13.9 Å². The van der Waals surface area contributed by atoms with Crippen molar-refractivity contribution in [3.63, 3.8) is 0 Å². The molecule has 0 radical (unpaired) electrons. The van der Waals surface area contributed by atoms with Crippen molar-refractivity contribution < 1.29 is 18.6 Å². The van der Waals surface area contributed by atoms with Crippen LogP contribution in [0.4, 0.5) is 8.78 Å². The van der Waals surface area contributed by atoms with E-state index in [-0.39, 0.29) is 6.54 Å². The molecule has 0 amide bonds. The summed E-state index contributed by atoms with van der Waals surface area (Å²) in [5.41, 5.74) is -0.845. The van der Waals surface area contributed by atoms with Crippen LogP contribution < -0.4 is 0 Å². The van der Waals surface area contributed by atoms with Crippen LogP contribution in [0.3, 0.4) is 0 Å². The predicted octanol–water partition coefficient (Wildman–Crippen LogP) is 0.725. The number of nitrogens with zero attached hydrogens (tertiary/aromatic N) is 1. The number of hydrogen-bond donors (Lipinski definition) is 1. The second-order valence-corrected chi connectivity index (χ2v) is 3.92. The van der Waals surface area contributed by atoms with Crippen LogP contribution in [0.1, 0.15) is 12.8 Å². The summed E-state index contributed by atoms with van der Waals surface area (Å²) < 4.78 is 29.1. The molecule has 0 aromatic heterocycles. The lowest BCUT2D eigenvalue weighted by Gasteiger charge is -2.35. The zero-order valence-corrected chi connectivity index (χ0v) is 8.38. The summed E-state index contributed by atoms with van der Waals surface area (Å²) in [6.45, 7) is 1.03. The molecule has 3 nitrogen and oxygen atoms in total. The van der Waals surface area contributed by atoms with E-state index in [0.29, 0.717) is 32.6 Å². The van der Waals surface area contributed by atoms with Gasteiger partial charge in [-0.2, -0.15) is 0 Å². The molecule has 1 rings (SSSR count). The van der Waals surface area contributed by atoms with Gasteiger partial charge in [-0.05, 0) is 7.05 Å². The summed E-state index contributed by atoms with van der Waals surface area (Å²) in [5, 5.41) is 9.99. The fraction of sp³-hybridized carbons (Fsp3) is 1.00. The van der Waals surface area contributed by atoms with Crippen LogP contribution in [0.5, 0.6) is 0 Å². The van der Waals surface area contributed by atoms with Gasteiger partial charge in [0.15, 0.2) is 0 Å². The molecule has 0 unspecified atom stereocenters. The zero-order valence-electron chi connectivity index (χ0n) is 8.38. The maximum absolute atomic E-state index is 12.0. The topological polar surface area (TPSA) is 32.7 Å². The summed E-state index contributed by atoms with van der Waals surface area (Å²) in [5.74, 6) is 0. The Morgan fingerprint density at radius 1 is 1.43 bits per heavy atom. The van der Waals surface area contributed by atoms with Gasteiger partial charge < -0.3 is 9.84 Å². The third kappa shape index (κ3) is 3.86. The maximum atomic E-state index is 12.0. The van der Waals surface area contributed by atoms with E-state index in [0.717, 1.165) is 0 Å². The van der Waals surface area contributed by atoms with Gasteiger partial charge in [-0.1, -0.05) is 0 Å². The minimum atomic E-state index is -2.34. The van der Waals surface area contributed by atoms with Gasteiger partial charge in [0, 0.05) is 32.6 Å². The number of hydrogen-bond acceptors (Lipinski definition) is 3. The highest BCUT2D eigenvalue weighted by Crippen LogP contribution is 2.21. The first-order valence-electron chi connectivity index (χ1n) is 4.79. The molecule has 1 N–H and O–H groups in total. The van der Waals surface area contributed by atoms with Crippen LogP contribution in [0, 0.1) is 0 Å². The van der Waals surface area contributed by atoms with Crippen molar-refractivity contribution >= 4 is 0 Å². The van der Waals surface area contributed by atoms with Crippen LogP contribution >= 0.6 is 0 Å². The summed E-state index contributed by atoms with van der Waals surface area (Å²) in [7, 11) is 1.60. The molecule has 1 aliphatic heterocycles. The SMILES string of the molecule is CN(CC(F)F)CC1(O)CCOCC1. The van der Waals surface area contributed by atoms with Gasteiger partial charge in [-0.15, -0.1) is 0 Å². The van der Waals surface area contributed by atoms with E-state index < -0.39 is 12.0 Å². The van der Waals surface area contributed by atoms with Crippen molar-refractivity contribution in [2.45, 2.75) is 24.9 Å². The lowest BCUT2D eigenvalue weighted by atomic mass is 9.94. The Morgan fingerprint density at radius 2 is 2.00 bits per heavy atom. The van der Waals surface area contributed by atoms with Crippen molar-refractivity contribution in [1.82, 2.24) is 4.90 Å². The molecule has 0 aliphatic carbocycles. The Bertz CT molecular complexity index is 172. The van der Waals surface area contributed by atoms with Crippen molar-refractivity contribution in [2.75, 3.05) is 33.4 Å². The van der Waals surface area contributed by atoms with Gasteiger partial charge in [-0.25, -0.2) is 8.78 Å². The Hall–Kier alpha value is -0.260. The van der Waals surface area contributed by atoms with E-state index in [2.05, 4.69) is 0 Å².